The molecule has 0 spiro atoms. The van der Waals surface area contributed by atoms with E-state index in [0.29, 0.717) is 0 Å². The van der Waals surface area contributed by atoms with Crippen molar-refractivity contribution in [1.82, 2.24) is 4.98 Å². The van der Waals surface area contributed by atoms with E-state index in [2.05, 4.69) is 10.4 Å². The Kier molecular flexibility index (Phi) is 5.85. The van der Waals surface area contributed by atoms with Crippen molar-refractivity contribution in [3.05, 3.63) is 46.4 Å². The summed E-state index contributed by atoms with van der Waals surface area (Å²) in [4.78, 5) is 4.60. The van der Waals surface area contributed by atoms with Gasteiger partial charge in [0.05, 0.1) is 17.3 Å². The molecule has 1 aromatic heterocycles. The van der Waals surface area contributed by atoms with Crippen molar-refractivity contribution in [2.45, 2.75) is 25.7 Å². The molecule has 0 aliphatic heterocycles. The summed E-state index contributed by atoms with van der Waals surface area (Å²) < 4.78 is 5.66. The van der Waals surface area contributed by atoms with Gasteiger partial charge >= 0.3 is 0 Å². The molecule has 0 radical (unpaired) electrons. The smallest absolute Gasteiger partial charge is 0.119 e. The molecule has 0 amide bonds. The molecule has 0 saturated carbocycles. The van der Waals surface area contributed by atoms with Crippen molar-refractivity contribution in [3.8, 4) is 5.75 Å². The number of thiazole rings is 1. The van der Waals surface area contributed by atoms with E-state index in [4.69, 9.17) is 10.5 Å². The maximum atomic E-state index is 5.66. The van der Waals surface area contributed by atoms with Gasteiger partial charge in [0.1, 0.15) is 5.75 Å². The lowest BCUT2D eigenvalue weighted by atomic mass is 10.2. The van der Waals surface area contributed by atoms with E-state index in [1.165, 1.54) is 10.7 Å². The predicted octanol–water partition coefficient (Wildman–Crippen LogP) is 3.05. The Hall–Kier alpha value is -1.39. The van der Waals surface area contributed by atoms with E-state index in [1.54, 1.807) is 11.3 Å². The molecule has 0 atom stereocenters. The first-order chi connectivity index (χ1) is 9.38. The van der Waals surface area contributed by atoms with Crippen LogP contribution in [0.5, 0.6) is 5.75 Å². The lowest BCUT2D eigenvalue weighted by Gasteiger charge is -2.04. The van der Waals surface area contributed by atoms with Crippen LogP contribution in [0.15, 0.2) is 35.7 Å². The summed E-state index contributed by atoms with van der Waals surface area (Å²) in [5.41, 5.74) is 6.67. The Morgan fingerprint density at radius 1 is 1.11 bits per heavy atom. The number of nitrogens with zero attached hydrogens (tertiary/aromatic N) is 1. The van der Waals surface area contributed by atoms with Gasteiger partial charge in [-0.15, -0.1) is 11.3 Å². The first-order valence-corrected chi connectivity index (χ1v) is 7.57. The van der Waals surface area contributed by atoms with Crippen molar-refractivity contribution in [3.63, 3.8) is 0 Å². The topological polar surface area (TPSA) is 48.1 Å². The average Bonchev–Trinajstić information content (AvgIpc) is 2.90. The van der Waals surface area contributed by atoms with Crippen molar-refractivity contribution in [2.24, 2.45) is 5.73 Å². The lowest BCUT2D eigenvalue weighted by Crippen LogP contribution is -2.01. The summed E-state index contributed by atoms with van der Waals surface area (Å²) in [6.45, 7) is 1.47. The molecule has 0 saturated heterocycles. The van der Waals surface area contributed by atoms with E-state index >= 15 is 0 Å². The maximum Gasteiger partial charge on any atom is 0.119 e. The quantitative estimate of drug-likeness (QED) is 0.754. The fourth-order valence-electron chi connectivity index (χ4n) is 1.79. The summed E-state index contributed by atoms with van der Waals surface area (Å²) in [6.07, 6.45) is 3.99. The minimum atomic E-state index is 0.734. The third-order valence-electron chi connectivity index (χ3n) is 2.78. The Morgan fingerprint density at radius 3 is 2.74 bits per heavy atom. The number of aromatic nitrogens is 1. The molecule has 0 bridgehead atoms. The number of hydrogen-bond donors (Lipinski definition) is 1. The van der Waals surface area contributed by atoms with Crippen LogP contribution in [0.3, 0.4) is 0 Å². The molecule has 19 heavy (non-hydrogen) atoms. The molecule has 3 nitrogen and oxygen atoms in total. The van der Waals surface area contributed by atoms with Crippen LogP contribution < -0.4 is 10.5 Å². The number of nitrogens with two attached hydrogens (primary N) is 1. The van der Waals surface area contributed by atoms with Crippen LogP contribution in [0.25, 0.3) is 0 Å². The zero-order valence-electron chi connectivity index (χ0n) is 11.0. The highest BCUT2D eigenvalue weighted by Gasteiger charge is 2.02. The van der Waals surface area contributed by atoms with Crippen LogP contribution in [0.4, 0.5) is 0 Å². The van der Waals surface area contributed by atoms with Gasteiger partial charge in [0.15, 0.2) is 0 Å². The van der Waals surface area contributed by atoms with E-state index in [9.17, 15) is 0 Å². The van der Waals surface area contributed by atoms with Crippen LogP contribution in [0.2, 0.25) is 0 Å². The van der Waals surface area contributed by atoms with Gasteiger partial charge in [0, 0.05) is 11.8 Å². The molecule has 2 rings (SSSR count). The second-order valence-electron chi connectivity index (χ2n) is 4.39. The van der Waals surface area contributed by atoms with Gasteiger partial charge in [-0.3, -0.25) is 0 Å². The molecule has 102 valence electrons. The fraction of sp³-hybridized carbons (Fsp3) is 0.400. The van der Waals surface area contributed by atoms with E-state index in [1.807, 2.05) is 30.3 Å². The zero-order chi connectivity index (χ0) is 13.3. The zero-order valence-corrected chi connectivity index (χ0v) is 11.9. The van der Waals surface area contributed by atoms with E-state index in [-0.39, 0.29) is 0 Å². The highest BCUT2D eigenvalue weighted by atomic mass is 32.1. The molecule has 4 heteroatoms. The van der Waals surface area contributed by atoms with Crippen LogP contribution in [-0.4, -0.2) is 18.1 Å². The molecule has 0 aliphatic carbocycles. The van der Waals surface area contributed by atoms with Crippen molar-refractivity contribution in [1.29, 1.82) is 0 Å². The number of para-hydroxylation sites is 1. The molecule has 1 aromatic carbocycles. The molecule has 0 unspecified atom stereocenters. The van der Waals surface area contributed by atoms with Gasteiger partial charge in [0.25, 0.3) is 0 Å². The number of ether oxygens (including phenoxy) is 1. The number of benzene rings is 1. The maximum absolute atomic E-state index is 5.66. The van der Waals surface area contributed by atoms with Gasteiger partial charge in [-0.25, -0.2) is 4.98 Å². The minimum absolute atomic E-state index is 0.734. The Balaban J connectivity index is 1.66. The number of aryl methyl sites for hydroxylation is 2. The normalized spacial score (nSPS) is 10.6. The van der Waals surface area contributed by atoms with Crippen molar-refractivity contribution >= 4 is 11.3 Å². The highest BCUT2D eigenvalue weighted by Crippen LogP contribution is 2.14. The average molecular weight is 276 g/mol. The second-order valence-corrected chi connectivity index (χ2v) is 5.33. The first kappa shape index (κ1) is 14.0. The monoisotopic (exact) mass is 276 g/mol. The SMILES string of the molecule is NCCCc1csc(CCCOc2ccccc2)n1. The summed E-state index contributed by atoms with van der Waals surface area (Å²) in [5.74, 6) is 0.935. The number of rotatable bonds is 8. The molecule has 1 heterocycles. The molecule has 0 aliphatic rings. The largest absolute Gasteiger partial charge is 0.494 e. The van der Waals surface area contributed by atoms with Gasteiger partial charge in [0.2, 0.25) is 0 Å². The van der Waals surface area contributed by atoms with Crippen molar-refractivity contribution < 1.29 is 4.74 Å². The highest BCUT2D eigenvalue weighted by molar-refractivity contribution is 7.09. The van der Waals surface area contributed by atoms with Gasteiger partial charge in [-0.2, -0.15) is 0 Å². The third kappa shape index (κ3) is 5.01. The van der Waals surface area contributed by atoms with E-state index in [0.717, 1.165) is 44.6 Å². The Morgan fingerprint density at radius 2 is 1.95 bits per heavy atom. The van der Waals surface area contributed by atoms with Crippen LogP contribution in [0, 0.1) is 0 Å². The van der Waals surface area contributed by atoms with Crippen LogP contribution in [-0.2, 0) is 12.8 Å². The Bertz CT molecular complexity index is 470. The summed E-state index contributed by atoms with van der Waals surface area (Å²) in [6, 6.07) is 9.92. The molecule has 2 aromatic rings. The molecular weight excluding hydrogens is 256 g/mol. The standard InChI is InChI=1S/C15H20N2OS/c16-10-4-6-13-12-19-15(17-13)9-5-11-18-14-7-2-1-3-8-14/h1-3,7-8,12H,4-6,9-11,16H2. The van der Waals surface area contributed by atoms with Gasteiger partial charge < -0.3 is 10.5 Å². The summed E-state index contributed by atoms with van der Waals surface area (Å²) >= 11 is 1.74. The lowest BCUT2D eigenvalue weighted by molar-refractivity contribution is 0.311. The van der Waals surface area contributed by atoms with Crippen LogP contribution >= 0.6 is 11.3 Å². The second kappa shape index (κ2) is 7.92. The summed E-state index contributed by atoms with van der Waals surface area (Å²) in [7, 11) is 0. The summed E-state index contributed by atoms with van der Waals surface area (Å²) in [5, 5.41) is 3.34. The molecule has 2 N–H and O–H groups in total. The molecular formula is C15H20N2OS. The van der Waals surface area contributed by atoms with E-state index < -0.39 is 0 Å². The van der Waals surface area contributed by atoms with Gasteiger partial charge in [-0.05, 0) is 37.9 Å². The Labute approximate surface area is 118 Å². The molecule has 0 fully saturated rings. The van der Waals surface area contributed by atoms with Crippen molar-refractivity contribution in [2.75, 3.05) is 13.2 Å². The number of hydrogen-bond acceptors (Lipinski definition) is 4. The third-order valence-corrected chi connectivity index (χ3v) is 3.74. The van der Waals surface area contributed by atoms with Crippen LogP contribution in [0.1, 0.15) is 23.5 Å². The minimum Gasteiger partial charge on any atom is -0.494 e. The fourth-order valence-corrected chi connectivity index (χ4v) is 2.67. The predicted molar refractivity (Wildman–Crippen MR) is 79.7 cm³/mol. The first-order valence-electron chi connectivity index (χ1n) is 6.69. The van der Waals surface area contributed by atoms with Gasteiger partial charge in [-0.1, -0.05) is 18.2 Å².